The van der Waals surface area contributed by atoms with E-state index in [9.17, 15) is 9.18 Å². The molecule has 1 N–H and O–H groups in total. The summed E-state index contributed by atoms with van der Waals surface area (Å²) >= 11 is 0. The van der Waals surface area contributed by atoms with Crippen LogP contribution < -0.4 is 5.32 Å². The number of carbonyl (C=O) groups excluding carboxylic acids is 1. The average molecular weight is 285 g/mol. The van der Waals surface area contributed by atoms with E-state index in [1.165, 1.54) is 11.3 Å². The quantitative estimate of drug-likeness (QED) is 0.877. The van der Waals surface area contributed by atoms with Crippen LogP contribution in [0.5, 0.6) is 0 Å². The number of carbonyl (C=O) groups is 1. The van der Waals surface area contributed by atoms with Gasteiger partial charge in [0.15, 0.2) is 5.83 Å². The maximum atomic E-state index is 12.7. The molecule has 1 aromatic heterocycles. The SMILES string of the molecule is C=C(F)C(=O)NCc1nn(-c2ccccc2)c2c1CCC2. The lowest BCUT2D eigenvalue weighted by molar-refractivity contribution is -0.119. The standard InChI is InChI=1S/C16H16FN3O/c1-11(17)16(21)18-10-14-13-8-5-9-15(13)20(19-14)12-6-3-2-4-7-12/h2-4,6-7H,1,5,8-10H2,(H,18,21). The van der Waals surface area contributed by atoms with Crippen LogP contribution in [-0.4, -0.2) is 15.7 Å². The molecule has 1 heterocycles. The molecule has 1 amide bonds. The fourth-order valence-electron chi connectivity index (χ4n) is 2.70. The minimum Gasteiger partial charge on any atom is -0.344 e. The molecular weight excluding hydrogens is 269 g/mol. The van der Waals surface area contributed by atoms with E-state index in [-0.39, 0.29) is 6.54 Å². The van der Waals surface area contributed by atoms with Crippen LogP contribution in [0.25, 0.3) is 5.69 Å². The summed E-state index contributed by atoms with van der Waals surface area (Å²) < 4.78 is 14.6. The molecule has 0 bridgehead atoms. The van der Waals surface area contributed by atoms with Gasteiger partial charge in [-0.1, -0.05) is 24.8 Å². The summed E-state index contributed by atoms with van der Waals surface area (Å²) in [4.78, 5) is 11.3. The highest BCUT2D eigenvalue weighted by Gasteiger charge is 2.23. The summed E-state index contributed by atoms with van der Waals surface area (Å²) in [6.07, 6.45) is 3.00. The summed E-state index contributed by atoms with van der Waals surface area (Å²) in [6.45, 7) is 3.21. The summed E-state index contributed by atoms with van der Waals surface area (Å²) in [6, 6.07) is 9.88. The molecule has 1 aliphatic rings. The Kier molecular flexibility index (Phi) is 3.56. The second-order valence-corrected chi connectivity index (χ2v) is 5.06. The molecule has 0 spiro atoms. The molecule has 0 unspecified atom stereocenters. The molecule has 0 saturated carbocycles. The summed E-state index contributed by atoms with van der Waals surface area (Å²) in [5.74, 6) is -1.76. The number of hydrogen-bond acceptors (Lipinski definition) is 2. The van der Waals surface area contributed by atoms with Gasteiger partial charge in [-0.25, -0.2) is 9.07 Å². The van der Waals surface area contributed by atoms with E-state index >= 15 is 0 Å². The smallest absolute Gasteiger partial charge is 0.279 e. The highest BCUT2D eigenvalue weighted by Crippen LogP contribution is 2.27. The number of amides is 1. The van der Waals surface area contributed by atoms with Crippen molar-refractivity contribution in [2.75, 3.05) is 0 Å². The first-order valence-electron chi connectivity index (χ1n) is 6.94. The lowest BCUT2D eigenvalue weighted by Gasteiger charge is -2.05. The molecule has 3 rings (SSSR count). The minimum atomic E-state index is -0.978. The van der Waals surface area contributed by atoms with Gasteiger partial charge in [0.05, 0.1) is 17.9 Å². The fourth-order valence-corrected chi connectivity index (χ4v) is 2.70. The Hall–Kier alpha value is -2.43. The Balaban J connectivity index is 1.89. The van der Waals surface area contributed by atoms with Gasteiger partial charge in [-0.05, 0) is 37.0 Å². The Morgan fingerprint density at radius 1 is 1.33 bits per heavy atom. The van der Waals surface area contributed by atoms with Crippen molar-refractivity contribution in [3.8, 4) is 5.69 Å². The molecule has 4 nitrogen and oxygen atoms in total. The molecule has 0 atom stereocenters. The summed E-state index contributed by atoms with van der Waals surface area (Å²) in [7, 11) is 0. The Bertz CT molecular complexity index is 691. The van der Waals surface area contributed by atoms with Gasteiger partial charge in [-0.15, -0.1) is 0 Å². The van der Waals surface area contributed by atoms with Gasteiger partial charge in [0, 0.05) is 5.69 Å². The molecular formula is C16H16FN3O. The molecule has 21 heavy (non-hydrogen) atoms. The Morgan fingerprint density at radius 3 is 2.81 bits per heavy atom. The van der Waals surface area contributed by atoms with E-state index in [1.54, 1.807) is 0 Å². The zero-order valence-corrected chi connectivity index (χ0v) is 11.6. The number of benzene rings is 1. The third-order valence-electron chi connectivity index (χ3n) is 3.68. The molecule has 1 aromatic carbocycles. The van der Waals surface area contributed by atoms with Gasteiger partial charge in [0.2, 0.25) is 0 Å². The molecule has 108 valence electrons. The fraction of sp³-hybridized carbons (Fsp3) is 0.250. The second kappa shape index (κ2) is 5.52. The van der Waals surface area contributed by atoms with Crippen LogP contribution in [0.2, 0.25) is 0 Å². The number of aromatic nitrogens is 2. The number of para-hydroxylation sites is 1. The monoisotopic (exact) mass is 285 g/mol. The van der Waals surface area contributed by atoms with Gasteiger partial charge < -0.3 is 5.32 Å². The van der Waals surface area contributed by atoms with E-state index in [4.69, 9.17) is 0 Å². The maximum Gasteiger partial charge on any atom is 0.279 e. The zero-order chi connectivity index (χ0) is 14.8. The van der Waals surface area contributed by atoms with E-state index in [0.717, 1.165) is 30.6 Å². The van der Waals surface area contributed by atoms with Crippen molar-refractivity contribution in [1.29, 1.82) is 0 Å². The topological polar surface area (TPSA) is 46.9 Å². The highest BCUT2D eigenvalue weighted by atomic mass is 19.1. The minimum absolute atomic E-state index is 0.226. The van der Waals surface area contributed by atoms with Crippen LogP contribution in [0.1, 0.15) is 23.4 Å². The molecule has 0 saturated heterocycles. The predicted molar refractivity (Wildman–Crippen MR) is 77.7 cm³/mol. The van der Waals surface area contributed by atoms with Crippen molar-refractivity contribution in [3.05, 3.63) is 59.7 Å². The van der Waals surface area contributed by atoms with Crippen LogP contribution in [0.4, 0.5) is 4.39 Å². The molecule has 0 fully saturated rings. The van der Waals surface area contributed by atoms with Gasteiger partial charge in [-0.2, -0.15) is 5.10 Å². The van der Waals surface area contributed by atoms with E-state index in [0.29, 0.717) is 0 Å². The van der Waals surface area contributed by atoms with Crippen LogP contribution >= 0.6 is 0 Å². The van der Waals surface area contributed by atoms with Gasteiger partial charge >= 0.3 is 0 Å². The van der Waals surface area contributed by atoms with Gasteiger partial charge in [-0.3, -0.25) is 4.79 Å². The third kappa shape index (κ3) is 2.59. The Labute approximate surface area is 122 Å². The van der Waals surface area contributed by atoms with Gasteiger partial charge in [0.1, 0.15) is 0 Å². The summed E-state index contributed by atoms with van der Waals surface area (Å²) in [5.41, 5.74) is 4.16. The first-order chi connectivity index (χ1) is 10.2. The maximum absolute atomic E-state index is 12.7. The first-order valence-corrected chi connectivity index (χ1v) is 6.94. The van der Waals surface area contributed by atoms with Crippen molar-refractivity contribution >= 4 is 5.91 Å². The summed E-state index contributed by atoms with van der Waals surface area (Å²) in [5, 5.41) is 7.09. The first kappa shape index (κ1) is 13.5. The van der Waals surface area contributed by atoms with Crippen molar-refractivity contribution in [2.45, 2.75) is 25.8 Å². The number of fused-ring (bicyclic) bond motifs is 1. The van der Waals surface area contributed by atoms with Gasteiger partial charge in [0.25, 0.3) is 5.91 Å². The van der Waals surface area contributed by atoms with Crippen LogP contribution in [0.15, 0.2) is 42.7 Å². The average Bonchev–Trinajstić information content (AvgIpc) is 3.08. The lowest BCUT2D eigenvalue weighted by atomic mass is 10.2. The normalized spacial score (nSPS) is 13.0. The third-order valence-corrected chi connectivity index (χ3v) is 3.68. The van der Waals surface area contributed by atoms with Crippen molar-refractivity contribution in [3.63, 3.8) is 0 Å². The number of hydrogen-bond donors (Lipinski definition) is 1. The molecule has 1 aliphatic carbocycles. The number of nitrogens with zero attached hydrogens (tertiary/aromatic N) is 2. The van der Waals surface area contributed by atoms with Crippen LogP contribution in [0.3, 0.4) is 0 Å². The molecule has 0 radical (unpaired) electrons. The predicted octanol–water partition coefficient (Wildman–Crippen LogP) is 2.46. The molecule has 0 aliphatic heterocycles. The second-order valence-electron chi connectivity index (χ2n) is 5.06. The number of rotatable bonds is 4. The zero-order valence-electron chi connectivity index (χ0n) is 11.6. The van der Waals surface area contributed by atoms with Crippen LogP contribution in [-0.2, 0) is 24.2 Å². The number of nitrogens with one attached hydrogen (secondary N) is 1. The van der Waals surface area contributed by atoms with Crippen molar-refractivity contribution in [1.82, 2.24) is 15.1 Å². The van der Waals surface area contributed by atoms with E-state index in [1.807, 2.05) is 35.0 Å². The number of halogens is 1. The Morgan fingerprint density at radius 2 is 2.10 bits per heavy atom. The van der Waals surface area contributed by atoms with Crippen molar-refractivity contribution < 1.29 is 9.18 Å². The van der Waals surface area contributed by atoms with Crippen molar-refractivity contribution in [2.24, 2.45) is 0 Å². The highest BCUT2D eigenvalue weighted by molar-refractivity contribution is 5.90. The van der Waals surface area contributed by atoms with Crippen LogP contribution in [0, 0.1) is 0 Å². The largest absolute Gasteiger partial charge is 0.344 e. The van der Waals surface area contributed by atoms with E-state index in [2.05, 4.69) is 17.0 Å². The molecule has 5 heteroatoms. The van der Waals surface area contributed by atoms with E-state index < -0.39 is 11.7 Å². The lowest BCUT2D eigenvalue weighted by Crippen LogP contribution is -2.23. The molecule has 2 aromatic rings.